The monoisotopic (exact) mass is 304 g/mol. The van der Waals surface area contributed by atoms with Crippen molar-refractivity contribution >= 4 is 11.3 Å². The molecule has 1 aromatic heterocycles. The predicted octanol–water partition coefficient (Wildman–Crippen LogP) is 5.04. The highest BCUT2D eigenvalue weighted by Crippen LogP contribution is 2.70. The third-order valence-corrected chi connectivity index (χ3v) is 7.39. The molecule has 3 unspecified atom stereocenters. The smallest absolute Gasteiger partial charge is 0.0600 e. The fourth-order valence-corrected chi connectivity index (χ4v) is 7.66. The summed E-state index contributed by atoms with van der Waals surface area (Å²) in [5.41, 5.74) is 2.66. The van der Waals surface area contributed by atoms with Gasteiger partial charge in [0.05, 0.1) is 6.10 Å². The van der Waals surface area contributed by atoms with Gasteiger partial charge in [0.1, 0.15) is 0 Å². The van der Waals surface area contributed by atoms with E-state index >= 15 is 0 Å². The predicted molar refractivity (Wildman–Crippen MR) is 88.5 cm³/mol. The van der Waals surface area contributed by atoms with Gasteiger partial charge in [-0.1, -0.05) is 13.8 Å². The molecular formula is C19H28OS. The highest BCUT2D eigenvalue weighted by molar-refractivity contribution is 7.07. The standard InChI is InChI=1S/C19H28OS/c1-17-7-15-8-18(2,11-17)13-19(9-15,12-17)16(20)4-3-14-5-6-21-10-14/h5-6,10,15-16,20H,3-4,7-9,11-13H2,1-2H3. The molecule has 4 saturated carbocycles. The third-order valence-electron chi connectivity index (χ3n) is 6.66. The normalized spacial score (nSPS) is 46.0. The lowest BCUT2D eigenvalue weighted by Crippen LogP contribution is -2.58. The Labute approximate surface area is 132 Å². The second-order valence-electron chi connectivity index (χ2n) is 9.18. The molecule has 1 heterocycles. The average Bonchev–Trinajstić information content (AvgIpc) is 2.84. The maximum absolute atomic E-state index is 11.0. The van der Waals surface area contributed by atoms with Crippen LogP contribution in [0.5, 0.6) is 0 Å². The highest BCUT2D eigenvalue weighted by Gasteiger charge is 2.61. The van der Waals surface area contributed by atoms with E-state index in [4.69, 9.17) is 0 Å². The van der Waals surface area contributed by atoms with Crippen LogP contribution < -0.4 is 0 Å². The molecule has 1 nitrogen and oxygen atoms in total. The van der Waals surface area contributed by atoms with Crippen LogP contribution >= 0.6 is 11.3 Å². The summed E-state index contributed by atoms with van der Waals surface area (Å²) in [4.78, 5) is 0. The van der Waals surface area contributed by atoms with Gasteiger partial charge < -0.3 is 5.11 Å². The Kier molecular flexibility index (Phi) is 3.11. The first-order valence-corrected chi connectivity index (χ1v) is 9.54. The lowest BCUT2D eigenvalue weighted by Gasteiger charge is -2.66. The van der Waals surface area contributed by atoms with Gasteiger partial charge in [0.2, 0.25) is 0 Å². The van der Waals surface area contributed by atoms with Crippen molar-refractivity contribution in [2.45, 2.75) is 71.3 Å². The van der Waals surface area contributed by atoms with Crippen molar-refractivity contribution < 1.29 is 5.11 Å². The Bertz CT molecular complexity index is 502. The Morgan fingerprint density at radius 3 is 2.48 bits per heavy atom. The van der Waals surface area contributed by atoms with Crippen molar-refractivity contribution in [3.63, 3.8) is 0 Å². The minimum Gasteiger partial charge on any atom is -0.393 e. The van der Waals surface area contributed by atoms with Gasteiger partial charge >= 0.3 is 0 Å². The van der Waals surface area contributed by atoms with E-state index in [9.17, 15) is 5.11 Å². The van der Waals surface area contributed by atoms with Gasteiger partial charge in [-0.3, -0.25) is 0 Å². The molecule has 1 aromatic rings. The van der Waals surface area contributed by atoms with Crippen LogP contribution in [0.1, 0.15) is 64.4 Å². The van der Waals surface area contributed by atoms with Crippen molar-refractivity contribution in [1.29, 1.82) is 0 Å². The summed E-state index contributed by atoms with van der Waals surface area (Å²) in [6.45, 7) is 4.99. The summed E-state index contributed by atoms with van der Waals surface area (Å²) in [7, 11) is 0. The van der Waals surface area contributed by atoms with E-state index in [1.807, 2.05) is 0 Å². The maximum Gasteiger partial charge on any atom is 0.0600 e. The van der Waals surface area contributed by atoms with E-state index in [2.05, 4.69) is 30.7 Å². The molecule has 4 fully saturated rings. The van der Waals surface area contributed by atoms with Gasteiger partial charge in [0.15, 0.2) is 0 Å². The molecule has 3 atom stereocenters. The molecule has 0 saturated heterocycles. The molecule has 4 bridgehead atoms. The maximum atomic E-state index is 11.0. The first kappa shape index (κ1) is 14.3. The molecule has 0 amide bonds. The van der Waals surface area contributed by atoms with E-state index in [0.717, 1.165) is 18.8 Å². The molecule has 0 radical (unpaired) electrons. The zero-order chi connectivity index (χ0) is 14.7. The SMILES string of the molecule is CC12CC3CC(C)(C1)CC(C(O)CCc1ccsc1)(C3)C2. The lowest BCUT2D eigenvalue weighted by molar-refractivity contribution is -0.186. The summed E-state index contributed by atoms with van der Waals surface area (Å²) in [6.07, 6.45) is 9.98. The topological polar surface area (TPSA) is 20.2 Å². The van der Waals surface area contributed by atoms with Gasteiger partial charge in [-0.05, 0) is 95.9 Å². The van der Waals surface area contributed by atoms with Gasteiger partial charge in [-0.15, -0.1) is 0 Å². The van der Waals surface area contributed by atoms with E-state index in [-0.39, 0.29) is 11.5 Å². The Morgan fingerprint density at radius 2 is 1.90 bits per heavy atom. The van der Waals surface area contributed by atoms with Gasteiger partial charge in [0.25, 0.3) is 0 Å². The van der Waals surface area contributed by atoms with Crippen molar-refractivity contribution in [3.05, 3.63) is 22.4 Å². The molecule has 0 aliphatic heterocycles. The van der Waals surface area contributed by atoms with E-state index in [1.54, 1.807) is 11.3 Å². The first-order chi connectivity index (χ1) is 9.91. The molecule has 116 valence electrons. The van der Waals surface area contributed by atoms with Crippen LogP contribution in [0.2, 0.25) is 0 Å². The lowest BCUT2D eigenvalue weighted by atomic mass is 9.39. The van der Waals surface area contributed by atoms with Crippen LogP contribution in [-0.4, -0.2) is 11.2 Å². The molecule has 5 rings (SSSR count). The summed E-state index contributed by atoms with van der Waals surface area (Å²) in [6, 6.07) is 2.21. The molecule has 0 spiro atoms. The van der Waals surface area contributed by atoms with E-state index < -0.39 is 0 Å². The summed E-state index contributed by atoms with van der Waals surface area (Å²) in [5.74, 6) is 0.882. The van der Waals surface area contributed by atoms with Crippen molar-refractivity contribution in [2.75, 3.05) is 0 Å². The number of aliphatic hydroxyl groups is 1. The van der Waals surface area contributed by atoms with Crippen LogP contribution in [0.15, 0.2) is 16.8 Å². The summed E-state index contributed by atoms with van der Waals surface area (Å²) in [5, 5.41) is 15.4. The fraction of sp³-hybridized carbons (Fsp3) is 0.789. The number of aryl methyl sites for hydroxylation is 1. The second kappa shape index (κ2) is 4.58. The van der Waals surface area contributed by atoms with Gasteiger partial charge in [-0.2, -0.15) is 11.3 Å². The number of hydrogen-bond donors (Lipinski definition) is 1. The molecule has 4 aliphatic carbocycles. The highest BCUT2D eigenvalue weighted by atomic mass is 32.1. The molecule has 2 heteroatoms. The summed E-state index contributed by atoms with van der Waals surface area (Å²) < 4.78 is 0. The summed E-state index contributed by atoms with van der Waals surface area (Å²) >= 11 is 1.77. The minimum atomic E-state index is -0.0977. The largest absolute Gasteiger partial charge is 0.393 e. The third kappa shape index (κ3) is 2.39. The van der Waals surface area contributed by atoms with Crippen molar-refractivity contribution in [1.82, 2.24) is 0 Å². The van der Waals surface area contributed by atoms with Crippen LogP contribution in [0.3, 0.4) is 0 Å². The van der Waals surface area contributed by atoms with E-state index in [0.29, 0.717) is 10.8 Å². The first-order valence-electron chi connectivity index (χ1n) is 8.60. The Balaban J connectivity index is 1.53. The van der Waals surface area contributed by atoms with E-state index in [1.165, 1.54) is 44.1 Å². The minimum absolute atomic E-state index is 0.0977. The molecule has 0 aromatic carbocycles. The number of thiophene rings is 1. The molecular weight excluding hydrogens is 276 g/mol. The Hall–Kier alpha value is -0.340. The average molecular weight is 304 g/mol. The van der Waals surface area contributed by atoms with Crippen LogP contribution in [-0.2, 0) is 6.42 Å². The van der Waals surface area contributed by atoms with Crippen LogP contribution in [0, 0.1) is 22.2 Å². The van der Waals surface area contributed by atoms with Crippen molar-refractivity contribution in [2.24, 2.45) is 22.2 Å². The number of rotatable bonds is 4. The fourth-order valence-electron chi connectivity index (χ4n) is 6.95. The quantitative estimate of drug-likeness (QED) is 0.826. The number of aliphatic hydroxyl groups excluding tert-OH is 1. The second-order valence-corrected chi connectivity index (χ2v) is 9.96. The van der Waals surface area contributed by atoms with Crippen LogP contribution in [0.4, 0.5) is 0 Å². The molecule has 1 N–H and O–H groups in total. The molecule has 4 aliphatic rings. The van der Waals surface area contributed by atoms with Crippen molar-refractivity contribution in [3.8, 4) is 0 Å². The zero-order valence-electron chi connectivity index (χ0n) is 13.4. The molecule has 21 heavy (non-hydrogen) atoms. The van der Waals surface area contributed by atoms with Gasteiger partial charge in [-0.25, -0.2) is 0 Å². The van der Waals surface area contributed by atoms with Crippen LogP contribution in [0.25, 0.3) is 0 Å². The van der Waals surface area contributed by atoms with Gasteiger partial charge in [0, 0.05) is 0 Å². The number of hydrogen-bond acceptors (Lipinski definition) is 2. The Morgan fingerprint density at radius 1 is 1.19 bits per heavy atom. The zero-order valence-corrected chi connectivity index (χ0v) is 14.2.